The standard InChI is InChI=1S/C24H27N2O/c1-14(2)11-18-8-10-20-19-9-7-15(3)22(23(19)27-24(20)25-18)21-12-16(4)17(5)13-26(21)6/h7-10,12-14H,11H2,1-6H3/q+1/i1D3,5D3,14D. The van der Waals surface area contributed by atoms with E-state index in [1.54, 1.807) is 23.8 Å². The molecule has 0 bridgehead atoms. The number of benzene rings is 1. The minimum absolute atomic E-state index is 0.0346. The summed E-state index contributed by atoms with van der Waals surface area (Å²) in [6, 6.07) is 9.40. The highest BCUT2D eigenvalue weighted by atomic mass is 16.3. The van der Waals surface area contributed by atoms with E-state index in [9.17, 15) is 0 Å². The van der Waals surface area contributed by atoms with Crippen molar-refractivity contribution in [1.82, 2.24) is 4.98 Å². The van der Waals surface area contributed by atoms with Crippen LogP contribution in [0.15, 0.2) is 40.9 Å². The van der Waals surface area contributed by atoms with Gasteiger partial charge in [-0.2, -0.15) is 0 Å². The molecule has 0 amide bonds. The van der Waals surface area contributed by atoms with Crippen LogP contribution in [0.25, 0.3) is 33.3 Å². The number of rotatable bonds is 3. The summed E-state index contributed by atoms with van der Waals surface area (Å²) in [5.74, 6) is -1.67. The van der Waals surface area contributed by atoms with Crippen LogP contribution in [0.4, 0.5) is 0 Å². The molecule has 3 heterocycles. The molecule has 0 aliphatic rings. The Kier molecular flexibility index (Phi) is 2.70. The molecule has 1 aromatic carbocycles. The van der Waals surface area contributed by atoms with Gasteiger partial charge in [-0.25, -0.2) is 9.55 Å². The number of nitrogens with zero attached hydrogens (tertiary/aromatic N) is 2. The molecule has 0 spiro atoms. The summed E-state index contributed by atoms with van der Waals surface area (Å²) in [5, 5.41) is 1.65. The maximum Gasteiger partial charge on any atom is 0.227 e. The van der Waals surface area contributed by atoms with Crippen molar-refractivity contribution in [3.05, 3.63) is 58.9 Å². The third-order valence-electron chi connectivity index (χ3n) is 4.96. The Labute approximate surface area is 170 Å². The minimum Gasteiger partial charge on any atom is -0.437 e. The Morgan fingerprint density at radius 1 is 1.15 bits per heavy atom. The number of pyridine rings is 2. The zero-order valence-electron chi connectivity index (χ0n) is 23.0. The third-order valence-corrected chi connectivity index (χ3v) is 4.96. The molecule has 27 heavy (non-hydrogen) atoms. The van der Waals surface area contributed by atoms with Crippen molar-refractivity contribution in [1.29, 1.82) is 0 Å². The van der Waals surface area contributed by atoms with Crippen molar-refractivity contribution in [2.75, 3.05) is 0 Å². The second kappa shape index (κ2) is 6.49. The minimum atomic E-state index is -2.44. The van der Waals surface area contributed by atoms with Crippen molar-refractivity contribution < 1.29 is 18.6 Å². The Hall–Kier alpha value is -2.68. The third kappa shape index (κ3) is 3.01. The highest BCUT2D eigenvalue weighted by Crippen LogP contribution is 2.36. The number of furan rings is 1. The van der Waals surface area contributed by atoms with Crippen LogP contribution in [-0.4, -0.2) is 4.98 Å². The fraction of sp³-hybridized carbons (Fsp3) is 0.333. The number of fused-ring (bicyclic) bond motifs is 3. The normalized spacial score (nSPS) is 18.7. The number of aryl methyl sites for hydroxylation is 4. The summed E-state index contributed by atoms with van der Waals surface area (Å²) in [6.07, 6.45) is 1.60. The van der Waals surface area contributed by atoms with Crippen LogP contribution in [-0.2, 0) is 13.5 Å². The monoisotopic (exact) mass is 366 g/mol. The van der Waals surface area contributed by atoms with Crippen LogP contribution >= 0.6 is 0 Å². The quantitative estimate of drug-likeness (QED) is 0.442. The van der Waals surface area contributed by atoms with Crippen LogP contribution < -0.4 is 4.57 Å². The molecule has 1 unspecified atom stereocenters. The van der Waals surface area contributed by atoms with Crippen LogP contribution in [0.1, 0.15) is 45.8 Å². The molecule has 3 aromatic heterocycles. The van der Waals surface area contributed by atoms with Crippen molar-refractivity contribution in [3.8, 4) is 11.3 Å². The van der Waals surface area contributed by atoms with E-state index >= 15 is 0 Å². The molecule has 0 fully saturated rings. The fourth-order valence-electron chi connectivity index (χ4n) is 3.54. The van der Waals surface area contributed by atoms with Gasteiger partial charge in [0.25, 0.3) is 0 Å². The molecule has 0 N–H and O–H groups in total. The molecular formula is C24H27N2O+. The van der Waals surface area contributed by atoms with Crippen molar-refractivity contribution in [2.24, 2.45) is 12.9 Å². The lowest BCUT2D eigenvalue weighted by Crippen LogP contribution is -2.31. The molecule has 0 aliphatic heterocycles. The first-order valence-electron chi connectivity index (χ1n) is 12.4. The van der Waals surface area contributed by atoms with Gasteiger partial charge in [-0.3, -0.25) is 0 Å². The predicted octanol–water partition coefficient (Wildman–Crippen LogP) is 5.60. The fourth-order valence-corrected chi connectivity index (χ4v) is 3.54. The molecule has 3 nitrogen and oxygen atoms in total. The summed E-state index contributed by atoms with van der Waals surface area (Å²) in [7, 11) is 1.81. The molecule has 4 rings (SSSR count). The summed E-state index contributed by atoms with van der Waals surface area (Å²) in [6.45, 7) is 0.500. The molecule has 0 saturated carbocycles. The number of hydrogen-bond donors (Lipinski definition) is 0. The second-order valence-electron chi connectivity index (χ2n) is 7.21. The number of aromatic nitrogens is 2. The number of hydrogen-bond acceptors (Lipinski definition) is 2. The maximum absolute atomic E-state index is 8.23. The van der Waals surface area contributed by atoms with Crippen LogP contribution in [0, 0.1) is 26.6 Å². The Morgan fingerprint density at radius 3 is 2.74 bits per heavy atom. The van der Waals surface area contributed by atoms with Crippen molar-refractivity contribution in [3.63, 3.8) is 0 Å². The first-order chi connectivity index (χ1) is 15.6. The van der Waals surface area contributed by atoms with Crippen molar-refractivity contribution in [2.45, 2.75) is 40.9 Å². The zero-order valence-corrected chi connectivity index (χ0v) is 16.0. The first kappa shape index (κ1) is 11.2. The first-order valence-corrected chi connectivity index (χ1v) is 8.93. The maximum atomic E-state index is 8.23. The van der Waals surface area contributed by atoms with E-state index in [2.05, 4.69) is 4.98 Å². The highest BCUT2D eigenvalue weighted by Gasteiger charge is 2.22. The molecule has 0 aliphatic carbocycles. The van der Waals surface area contributed by atoms with E-state index in [-0.39, 0.29) is 6.42 Å². The Balaban J connectivity index is 1.90. The Bertz CT molecular complexity index is 1420. The van der Waals surface area contributed by atoms with E-state index in [0.717, 1.165) is 27.6 Å². The van der Waals surface area contributed by atoms with Gasteiger partial charge in [0.15, 0.2) is 11.8 Å². The summed E-state index contributed by atoms with van der Waals surface area (Å²) in [5.41, 5.74) is 5.06. The summed E-state index contributed by atoms with van der Waals surface area (Å²) < 4.78 is 62.5. The van der Waals surface area contributed by atoms with Gasteiger partial charge in [-0.05, 0) is 56.3 Å². The molecule has 0 radical (unpaired) electrons. The van der Waals surface area contributed by atoms with Gasteiger partial charge >= 0.3 is 0 Å². The predicted molar refractivity (Wildman–Crippen MR) is 111 cm³/mol. The lowest BCUT2D eigenvalue weighted by Gasteiger charge is -2.07. The molecule has 1 atom stereocenters. The van der Waals surface area contributed by atoms with Gasteiger partial charge in [0.05, 0.1) is 5.56 Å². The Morgan fingerprint density at radius 2 is 1.96 bits per heavy atom. The van der Waals surface area contributed by atoms with E-state index in [4.69, 9.17) is 14.0 Å². The average Bonchev–Trinajstić information content (AvgIpc) is 3.05. The molecular weight excluding hydrogens is 332 g/mol. The molecule has 4 aromatic rings. The van der Waals surface area contributed by atoms with Gasteiger partial charge in [0.2, 0.25) is 11.4 Å². The van der Waals surface area contributed by atoms with Gasteiger partial charge < -0.3 is 4.42 Å². The zero-order chi connectivity index (χ0) is 25.2. The largest absolute Gasteiger partial charge is 0.437 e. The van der Waals surface area contributed by atoms with E-state index in [1.807, 2.05) is 38.2 Å². The van der Waals surface area contributed by atoms with E-state index in [0.29, 0.717) is 28.1 Å². The van der Waals surface area contributed by atoms with Crippen LogP contribution in [0.3, 0.4) is 0 Å². The molecule has 138 valence electrons. The SMILES string of the molecule is [2H]C([2H])([2H])c1c[n+](C)c(-c2c(C)ccc3c2oc2nc(CC([2H])(C)C([2H])([2H])[2H])ccc23)cc1C. The van der Waals surface area contributed by atoms with E-state index < -0.39 is 19.6 Å². The van der Waals surface area contributed by atoms with Gasteiger partial charge in [0, 0.05) is 37.7 Å². The van der Waals surface area contributed by atoms with Crippen molar-refractivity contribution >= 4 is 22.1 Å². The summed E-state index contributed by atoms with van der Waals surface area (Å²) in [4.78, 5) is 4.54. The second-order valence-corrected chi connectivity index (χ2v) is 7.21. The smallest absolute Gasteiger partial charge is 0.227 e. The topological polar surface area (TPSA) is 29.9 Å². The van der Waals surface area contributed by atoms with E-state index in [1.165, 1.54) is 6.92 Å². The molecule has 0 saturated heterocycles. The lowest BCUT2D eigenvalue weighted by atomic mass is 9.99. The van der Waals surface area contributed by atoms with Gasteiger partial charge in [-0.1, -0.05) is 25.9 Å². The van der Waals surface area contributed by atoms with Crippen LogP contribution in [0.2, 0.25) is 0 Å². The average molecular weight is 367 g/mol. The highest BCUT2D eigenvalue weighted by molar-refractivity contribution is 6.08. The van der Waals surface area contributed by atoms with Gasteiger partial charge in [-0.15, -0.1) is 0 Å². The lowest BCUT2D eigenvalue weighted by molar-refractivity contribution is -0.660. The summed E-state index contributed by atoms with van der Waals surface area (Å²) >= 11 is 0. The van der Waals surface area contributed by atoms with Crippen LogP contribution in [0.5, 0.6) is 0 Å². The molecule has 3 heteroatoms. The van der Waals surface area contributed by atoms with Gasteiger partial charge in [0.1, 0.15) is 7.05 Å².